The Balaban J connectivity index is 2.31. The van der Waals surface area contributed by atoms with E-state index in [-0.39, 0.29) is 5.97 Å². The molecule has 3 unspecified atom stereocenters. The van der Waals surface area contributed by atoms with Crippen LogP contribution in [0.1, 0.15) is 39.5 Å². The molecular formula is C13H25NO2. The first-order valence-electron chi connectivity index (χ1n) is 6.31. The fraction of sp³-hybridized carbons (Fsp3) is 0.923. The Hall–Kier alpha value is -0.570. The molecule has 16 heavy (non-hydrogen) atoms. The molecule has 0 N–H and O–H groups in total. The Morgan fingerprint density at radius 3 is 2.56 bits per heavy atom. The van der Waals surface area contributed by atoms with Crippen LogP contribution in [0.4, 0.5) is 0 Å². The van der Waals surface area contributed by atoms with Crippen LogP contribution < -0.4 is 0 Å². The normalized spacial score (nSPS) is 30.4. The molecular weight excluding hydrogens is 202 g/mol. The number of methoxy groups -OCH3 is 1. The molecule has 0 spiro atoms. The molecule has 1 rings (SSSR count). The highest BCUT2D eigenvalue weighted by molar-refractivity contribution is 5.69. The van der Waals surface area contributed by atoms with Crippen LogP contribution in [0, 0.1) is 11.8 Å². The lowest BCUT2D eigenvalue weighted by atomic mass is 9.78. The van der Waals surface area contributed by atoms with Crippen LogP contribution in [0.15, 0.2) is 0 Å². The summed E-state index contributed by atoms with van der Waals surface area (Å²) in [4.78, 5) is 13.4. The number of carbonyl (C=O) groups excluding carboxylic acids is 1. The van der Waals surface area contributed by atoms with Gasteiger partial charge in [0, 0.05) is 12.6 Å². The first kappa shape index (κ1) is 13.5. The third-order valence-electron chi connectivity index (χ3n) is 4.09. The molecule has 3 heteroatoms. The molecule has 0 radical (unpaired) electrons. The quantitative estimate of drug-likeness (QED) is 0.690. The second kappa shape index (κ2) is 6.24. The summed E-state index contributed by atoms with van der Waals surface area (Å²) in [6.07, 6.45) is 4.35. The van der Waals surface area contributed by atoms with Gasteiger partial charge in [0.05, 0.1) is 13.5 Å². The predicted molar refractivity (Wildman–Crippen MR) is 65.2 cm³/mol. The summed E-state index contributed by atoms with van der Waals surface area (Å²) in [5.41, 5.74) is 0. The topological polar surface area (TPSA) is 29.5 Å². The minimum absolute atomic E-state index is 0.107. The summed E-state index contributed by atoms with van der Waals surface area (Å²) < 4.78 is 4.66. The lowest BCUT2D eigenvalue weighted by Crippen LogP contribution is -2.38. The molecule has 0 aromatic rings. The maximum absolute atomic E-state index is 11.1. The van der Waals surface area contributed by atoms with Crippen molar-refractivity contribution >= 4 is 5.97 Å². The van der Waals surface area contributed by atoms with Crippen LogP contribution in [-0.4, -0.2) is 37.6 Å². The molecule has 1 aliphatic carbocycles. The number of nitrogens with zero attached hydrogens (tertiary/aromatic N) is 1. The van der Waals surface area contributed by atoms with E-state index >= 15 is 0 Å². The molecule has 0 aliphatic heterocycles. The largest absolute Gasteiger partial charge is 0.469 e. The third kappa shape index (κ3) is 3.78. The lowest BCUT2D eigenvalue weighted by molar-refractivity contribution is -0.141. The fourth-order valence-electron chi connectivity index (χ4n) is 2.47. The van der Waals surface area contributed by atoms with Crippen molar-refractivity contribution in [2.24, 2.45) is 11.8 Å². The number of rotatable bonds is 4. The van der Waals surface area contributed by atoms with E-state index in [1.54, 1.807) is 0 Å². The molecule has 1 fully saturated rings. The van der Waals surface area contributed by atoms with Gasteiger partial charge in [0.2, 0.25) is 0 Å². The number of esters is 1. The van der Waals surface area contributed by atoms with E-state index in [4.69, 9.17) is 0 Å². The molecule has 0 bridgehead atoms. The highest BCUT2D eigenvalue weighted by Gasteiger charge is 2.26. The summed E-state index contributed by atoms with van der Waals surface area (Å²) in [5.74, 6) is 1.55. The highest BCUT2D eigenvalue weighted by Crippen LogP contribution is 2.31. The maximum Gasteiger partial charge on any atom is 0.306 e. The molecule has 0 aromatic heterocycles. The Labute approximate surface area is 99.1 Å². The van der Waals surface area contributed by atoms with Crippen molar-refractivity contribution in [3.05, 3.63) is 0 Å². The fourth-order valence-corrected chi connectivity index (χ4v) is 2.47. The van der Waals surface area contributed by atoms with Crippen molar-refractivity contribution in [2.45, 2.75) is 45.6 Å². The van der Waals surface area contributed by atoms with Gasteiger partial charge in [0.1, 0.15) is 0 Å². The molecule has 3 nitrogen and oxygen atoms in total. The highest BCUT2D eigenvalue weighted by atomic mass is 16.5. The van der Waals surface area contributed by atoms with Gasteiger partial charge < -0.3 is 9.64 Å². The van der Waals surface area contributed by atoms with Crippen LogP contribution in [-0.2, 0) is 9.53 Å². The van der Waals surface area contributed by atoms with Crippen molar-refractivity contribution in [3.8, 4) is 0 Å². The molecule has 0 heterocycles. The summed E-state index contributed by atoms with van der Waals surface area (Å²) in [6, 6.07) is 0.649. The van der Waals surface area contributed by atoms with E-state index in [0.29, 0.717) is 12.5 Å². The molecule has 1 aliphatic rings. The molecule has 1 saturated carbocycles. The van der Waals surface area contributed by atoms with Crippen molar-refractivity contribution in [2.75, 3.05) is 20.7 Å². The van der Waals surface area contributed by atoms with Crippen molar-refractivity contribution in [1.29, 1.82) is 0 Å². The van der Waals surface area contributed by atoms with Gasteiger partial charge >= 0.3 is 5.97 Å². The third-order valence-corrected chi connectivity index (χ3v) is 4.09. The van der Waals surface area contributed by atoms with E-state index in [9.17, 15) is 4.79 Å². The van der Waals surface area contributed by atoms with E-state index in [1.165, 1.54) is 26.4 Å². The van der Waals surface area contributed by atoms with Gasteiger partial charge in [0.15, 0.2) is 0 Å². The molecule has 3 atom stereocenters. The van der Waals surface area contributed by atoms with Crippen molar-refractivity contribution < 1.29 is 9.53 Å². The van der Waals surface area contributed by atoms with Gasteiger partial charge in [-0.1, -0.05) is 13.8 Å². The molecule has 0 aromatic carbocycles. The summed E-state index contributed by atoms with van der Waals surface area (Å²) in [5, 5.41) is 0. The number of carbonyl (C=O) groups is 1. The van der Waals surface area contributed by atoms with Crippen molar-refractivity contribution in [1.82, 2.24) is 4.90 Å². The zero-order chi connectivity index (χ0) is 12.1. The zero-order valence-corrected chi connectivity index (χ0v) is 11.0. The van der Waals surface area contributed by atoms with Crippen LogP contribution in [0.3, 0.4) is 0 Å². The van der Waals surface area contributed by atoms with E-state index < -0.39 is 0 Å². The molecule has 94 valence electrons. The van der Waals surface area contributed by atoms with Gasteiger partial charge in [-0.3, -0.25) is 4.79 Å². The second-order valence-electron chi connectivity index (χ2n) is 5.23. The number of ether oxygens (including phenoxy) is 1. The molecule has 0 amide bonds. The number of hydrogen-bond donors (Lipinski definition) is 0. The Kier molecular flexibility index (Phi) is 5.26. The van der Waals surface area contributed by atoms with Crippen LogP contribution >= 0.6 is 0 Å². The van der Waals surface area contributed by atoms with Crippen LogP contribution in [0.25, 0.3) is 0 Å². The van der Waals surface area contributed by atoms with Gasteiger partial charge in [-0.05, 0) is 38.1 Å². The van der Waals surface area contributed by atoms with Gasteiger partial charge in [-0.2, -0.15) is 0 Å². The maximum atomic E-state index is 11.1. The monoisotopic (exact) mass is 227 g/mol. The van der Waals surface area contributed by atoms with Crippen molar-refractivity contribution in [3.63, 3.8) is 0 Å². The minimum Gasteiger partial charge on any atom is -0.469 e. The van der Waals surface area contributed by atoms with Crippen LogP contribution in [0.5, 0.6) is 0 Å². The first-order valence-corrected chi connectivity index (χ1v) is 6.31. The average Bonchev–Trinajstić information content (AvgIpc) is 2.29. The van der Waals surface area contributed by atoms with Gasteiger partial charge in [-0.15, -0.1) is 0 Å². The Morgan fingerprint density at radius 1 is 1.31 bits per heavy atom. The first-order chi connectivity index (χ1) is 7.54. The summed E-state index contributed by atoms with van der Waals surface area (Å²) in [7, 11) is 3.57. The minimum atomic E-state index is -0.107. The average molecular weight is 227 g/mol. The van der Waals surface area contributed by atoms with E-state index in [1.807, 2.05) is 0 Å². The van der Waals surface area contributed by atoms with E-state index in [0.717, 1.165) is 18.4 Å². The SMILES string of the molecule is COC(=O)CCN(C)C1CCC(C)C(C)C1. The van der Waals surface area contributed by atoms with E-state index in [2.05, 4.69) is 30.5 Å². The van der Waals surface area contributed by atoms with Gasteiger partial charge in [0.25, 0.3) is 0 Å². The van der Waals surface area contributed by atoms with Gasteiger partial charge in [-0.25, -0.2) is 0 Å². The standard InChI is InChI=1S/C13H25NO2/c1-10-5-6-12(9-11(10)2)14(3)8-7-13(15)16-4/h10-12H,5-9H2,1-4H3. The number of hydrogen-bond acceptors (Lipinski definition) is 3. The second-order valence-corrected chi connectivity index (χ2v) is 5.23. The lowest BCUT2D eigenvalue weighted by Gasteiger charge is -2.37. The Bertz CT molecular complexity index is 230. The van der Waals surface area contributed by atoms with Crippen LogP contribution in [0.2, 0.25) is 0 Å². The summed E-state index contributed by atoms with van der Waals surface area (Å²) >= 11 is 0. The Morgan fingerprint density at radius 2 is 2.00 bits per heavy atom. The predicted octanol–water partition coefficient (Wildman–Crippen LogP) is 2.31. The zero-order valence-electron chi connectivity index (χ0n) is 11.0. The smallest absolute Gasteiger partial charge is 0.306 e. The molecule has 0 saturated heterocycles. The summed E-state index contributed by atoms with van der Waals surface area (Å²) in [6.45, 7) is 5.50.